The highest BCUT2D eigenvalue weighted by Crippen LogP contribution is 2.23. The Morgan fingerprint density at radius 3 is 2.64 bits per heavy atom. The van der Waals surface area contributed by atoms with E-state index >= 15 is 4.39 Å². The van der Waals surface area contributed by atoms with Crippen molar-refractivity contribution in [1.82, 2.24) is 25.2 Å². The third-order valence-electron chi connectivity index (χ3n) is 5.61. The smallest absolute Gasteiger partial charge is 0.269 e. The van der Waals surface area contributed by atoms with Gasteiger partial charge in [-0.1, -0.05) is 6.07 Å². The number of pyridine rings is 1. The minimum atomic E-state index is -0.912. The summed E-state index contributed by atoms with van der Waals surface area (Å²) in [5, 5.41) is 2.37. The van der Waals surface area contributed by atoms with Gasteiger partial charge in [0.05, 0.1) is 11.2 Å². The summed E-state index contributed by atoms with van der Waals surface area (Å²) in [4.78, 5) is 49.6. The minimum absolute atomic E-state index is 0.00888. The molecule has 2 aromatic heterocycles. The quantitative estimate of drug-likeness (QED) is 0.576. The van der Waals surface area contributed by atoms with Crippen molar-refractivity contribution in [3.05, 3.63) is 63.3 Å². The van der Waals surface area contributed by atoms with Crippen LogP contribution in [-0.4, -0.2) is 58.3 Å². The summed E-state index contributed by atoms with van der Waals surface area (Å²) in [6.07, 6.45) is 0.101. The molecule has 3 aromatic rings. The number of carbonyl (C=O) groups excluding carboxylic acids is 2. The van der Waals surface area contributed by atoms with Gasteiger partial charge in [-0.15, -0.1) is 0 Å². The number of hydrogen-bond acceptors (Lipinski definition) is 6. The molecule has 2 amide bonds. The van der Waals surface area contributed by atoms with Crippen LogP contribution in [0.3, 0.4) is 0 Å². The van der Waals surface area contributed by atoms with Crippen molar-refractivity contribution in [3.63, 3.8) is 0 Å². The molecule has 11 heteroatoms. The summed E-state index contributed by atoms with van der Waals surface area (Å²) < 4.78 is 29.6. The summed E-state index contributed by atoms with van der Waals surface area (Å²) in [5.41, 5.74) is 0.460. The van der Waals surface area contributed by atoms with E-state index in [1.807, 2.05) is 4.90 Å². The zero-order valence-corrected chi connectivity index (χ0v) is 18.1. The number of anilines is 1. The fourth-order valence-electron chi connectivity index (χ4n) is 3.78. The molecule has 2 N–H and O–H groups in total. The van der Waals surface area contributed by atoms with E-state index in [0.29, 0.717) is 24.2 Å². The van der Waals surface area contributed by atoms with Crippen LogP contribution in [-0.2, 0) is 11.3 Å². The van der Waals surface area contributed by atoms with Gasteiger partial charge in [0.1, 0.15) is 16.9 Å². The number of aromatic nitrogens is 3. The molecule has 172 valence electrons. The lowest BCUT2D eigenvalue weighted by Crippen LogP contribution is -2.34. The van der Waals surface area contributed by atoms with Crippen molar-refractivity contribution in [1.29, 1.82) is 0 Å². The van der Waals surface area contributed by atoms with E-state index in [2.05, 4.69) is 20.3 Å². The first kappa shape index (κ1) is 22.5. The number of rotatable bonds is 4. The highest BCUT2D eigenvalue weighted by atomic mass is 19.1. The van der Waals surface area contributed by atoms with Gasteiger partial charge in [0.15, 0.2) is 5.82 Å². The maximum atomic E-state index is 15.0. The summed E-state index contributed by atoms with van der Waals surface area (Å²) >= 11 is 0. The third kappa shape index (κ3) is 4.44. The standard InChI is InChI=1S/C22H22F2N6O3/c1-12-21(32)28-19-14(26-12)4-3-13(18(19)23)11-29-8-7-17(31)30(10-9-29)16-6-5-15(22(33)25-2)27-20(16)24/h3-6H,7-11H2,1-2H3,(H,25,33)(H,28,32). The number of carbonyl (C=O) groups is 2. The van der Waals surface area contributed by atoms with E-state index in [4.69, 9.17) is 0 Å². The van der Waals surface area contributed by atoms with Crippen molar-refractivity contribution >= 4 is 28.5 Å². The second-order valence-electron chi connectivity index (χ2n) is 7.74. The molecule has 1 aliphatic rings. The zero-order valence-electron chi connectivity index (χ0n) is 18.1. The molecule has 0 saturated carbocycles. The number of halogens is 2. The molecule has 33 heavy (non-hydrogen) atoms. The fraction of sp³-hybridized carbons (Fsp3) is 0.318. The van der Waals surface area contributed by atoms with E-state index in [1.54, 1.807) is 19.1 Å². The van der Waals surface area contributed by atoms with Crippen molar-refractivity contribution in [2.75, 3.05) is 31.6 Å². The first-order valence-electron chi connectivity index (χ1n) is 10.4. The van der Waals surface area contributed by atoms with Crippen LogP contribution in [0.2, 0.25) is 0 Å². The lowest BCUT2D eigenvalue weighted by atomic mass is 10.1. The number of amides is 2. The number of nitrogens with zero attached hydrogens (tertiary/aromatic N) is 4. The molecule has 0 unspecified atom stereocenters. The van der Waals surface area contributed by atoms with Gasteiger partial charge in [-0.25, -0.2) is 14.4 Å². The van der Waals surface area contributed by atoms with E-state index in [-0.39, 0.29) is 48.0 Å². The van der Waals surface area contributed by atoms with E-state index in [1.165, 1.54) is 24.1 Å². The van der Waals surface area contributed by atoms with Crippen LogP contribution in [0.15, 0.2) is 29.1 Å². The van der Waals surface area contributed by atoms with Crippen molar-refractivity contribution in [2.24, 2.45) is 0 Å². The largest absolute Gasteiger partial charge is 0.354 e. The van der Waals surface area contributed by atoms with E-state index in [0.717, 1.165) is 0 Å². The van der Waals surface area contributed by atoms with Gasteiger partial charge in [-0.2, -0.15) is 4.39 Å². The first-order valence-corrected chi connectivity index (χ1v) is 10.4. The lowest BCUT2D eigenvalue weighted by Gasteiger charge is -2.22. The van der Waals surface area contributed by atoms with Crippen LogP contribution >= 0.6 is 0 Å². The molecule has 0 aliphatic carbocycles. The normalized spacial score (nSPS) is 15.0. The predicted octanol–water partition coefficient (Wildman–Crippen LogP) is 1.50. The van der Waals surface area contributed by atoms with Crippen LogP contribution in [0.1, 0.15) is 28.2 Å². The summed E-state index contributed by atoms with van der Waals surface area (Å²) in [5.74, 6) is -2.30. The molecular weight excluding hydrogens is 434 g/mol. The summed E-state index contributed by atoms with van der Waals surface area (Å²) in [7, 11) is 1.41. The maximum Gasteiger partial charge on any atom is 0.269 e. The Morgan fingerprint density at radius 2 is 1.91 bits per heavy atom. The van der Waals surface area contributed by atoms with Crippen LogP contribution in [0.25, 0.3) is 11.0 Å². The highest BCUT2D eigenvalue weighted by Gasteiger charge is 2.26. The molecule has 0 radical (unpaired) electrons. The van der Waals surface area contributed by atoms with Crippen LogP contribution in [0.4, 0.5) is 14.5 Å². The Bertz CT molecular complexity index is 1310. The summed E-state index contributed by atoms with van der Waals surface area (Å²) in [6, 6.07) is 5.96. The molecule has 1 aliphatic heterocycles. The second-order valence-corrected chi connectivity index (χ2v) is 7.74. The van der Waals surface area contributed by atoms with Gasteiger partial charge < -0.3 is 15.2 Å². The zero-order chi connectivity index (χ0) is 23.7. The van der Waals surface area contributed by atoms with E-state index in [9.17, 15) is 18.8 Å². The fourth-order valence-corrected chi connectivity index (χ4v) is 3.78. The Hall–Kier alpha value is -3.73. The molecule has 9 nitrogen and oxygen atoms in total. The Morgan fingerprint density at radius 1 is 1.12 bits per heavy atom. The number of H-pyrrole nitrogens is 1. The first-order chi connectivity index (χ1) is 15.8. The van der Waals surface area contributed by atoms with Gasteiger partial charge in [0.2, 0.25) is 11.9 Å². The topological polar surface area (TPSA) is 111 Å². The second kappa shape index (κ2) is 9.02. The van der Waals surface area contributed by atoms with Crippen molar-refractivity contribution < 1.29 is 18.4 Å². The lowest BCUT2D eigenvalue weighted by molar-refractivity contribution is -0.118. The monoisotopic (exact) mass is 456 g/mol. The Labute approximate surface area is 187 Å². The number of nitrogens with one attached hydrogen (secondary N) is 2. The molecule has 1 aromatic carbocycles. The SMILES string of the molecule is CNC(=O)c1ccc(N2CCN(Cc3ccc4nc(C)c(=O)[nH]c4c3F)CCC2=O)c(F)n1. The molecule has 0 spiro atoms. The van der Waals surface area contributed by atoms with Crippen molar-refractivity contribution in [3.8, 4) is 0 Å². The van der Waals surface area contributed by atoms with Gasteiger partial charge >= 0.3 is 0 Å². The molecule has 1 saturated heterocycles. The highest BCUT2D eigenvalue weighted by molar-refractivity contribution is 5.95. The molecule has 4 rings (SSSR count). The minimum Gasteiger partial charge on any atom is -0.354 e. The molecule has 3 heterocycles. The molecule has 0 atom stereocenters. The van der Waals surface area contributed by atoms with Crippen LogP contribution in [0.5, 0.6) is 0 Å². The Balaban J connectivity index is 1.53. The van der Waals surface area contributed by atoms with E-state index < -0.39 is 23.2 Å². The van der Waals surface area contributed by atoms with Gasteiger partial charge in [0.25, 0.3) is 11.5 Å². The Kier molecular flexibility index (Phi) is 6.14. The van der Waals surface area contributed by atoms with Gasteiger partial charge in [-0.3, -0.25) is 19.3 Å². The third-order valence-corrected chi connectivity index (χ3v) is 5.61. The number of benzene rings is 1. The predicted molar refractivity (Wildman–Crippen MR) is 117 cm³/mol. The number of aromatic amines is 1. The van der Waals surface area contributed by atoms with Crippen molar-refractivity contribution in [2.45, 2.75) is 19.9 Å². The summed E-state index contributed by atoms with van der Waals surface area (Å²) in [6.45, 7) is 2.64. The van der Waals surface area contributed by atoms with Crippen LogP contribution < -0.4 is 15.8 Å². The van der Waals surface area contributed by atoms with Gasteiger partial charge in [-0.05, 0) is 25.1 Å². The molecular formula is C22H22F2N6O3. The number of fused-ring (bicyclic) bond motifs is 1. The maximum absolute atomic E-state index is 15.0. The average molecular weight is 456 g/mol. The average Bonchev–Trinajstić information content (AvgIpc) is 2.98. The molecule has 1 fully saturated rings. The van der Waals surface area contributed by atoms with Crippen LogP contribution in [0, 0.1) is 18.7 Å². The van der Waals surface area contributed by atoms with Gasteiger partial charge in [0, 0.05) is 45.2 Å². The number of hydrogen-bond donors (Lipinski definition) is 2. The number of aryl methyl sites for hydroxylation is 1. The molecule has 0 bridgehead atoms.